The van der Waals surface area contributed by atoms with Crippen LogP contribution in [0.5, 0.6) is 0 Å². The zero-order valence-electron chi connectivity index (χ0n) is 19.4. The van der Waals surface area contributed by atoms with E-state index in [4.69, 9.17) is 9.84 Å². The third-order valence-electron chi connectivity index (χ3n) is 5.65. The Morgan fingerprint density at radius 2 is 1.19 bits per heavy atom. The molecule has 0 aromatic heterocycles. The molecule has 0 aliphatic heterocycles. The first kappa shape index (κ1) is 30.0. The highest BCUT2D eigenvalue weighted by atomic mass is 16.6. The molecule has 0 spiro atoms. The quantitative estimate of drug-likeness (QED) is 0.114. The lowest BCUT2D eigenvalue weighted by atomic mass is 10.0. The van der Waals surface area contributed by atoms with Crippen molar-refractivity contribution >= 4 is 12.3 Å². The zero-order valence-corrected chi connectivity index (χ0v) is 19.4. The largest absolute Gasteiger partial charge is 0.456 e. The lowest BCUT2D eigenvalue weighted by Gasteiger charge is -2.27. The topological polar surface area (TPSA) is 124 Å². The average molecular weight is 447 g/mol. The molecule has 0 aromatic carbocycles. The van der Waals surface area contributed by atoms with Crippen molar-refractivity contribution in [3.63, 3.8) is 0 Å². The van der Waals surface area contributed by atoms with E-state index < -0.39 is 37.0 Å². The Bertz CT molecular complexity index is 430. The minimum Gasteiger partial charge on any atom is -0.456 e. The number of aliphatic hydroxyl groups excluding tert-OH is 4. The van der Waals surface area contributed by atoms with Crippen LogP contribution in [0.15, 0.2) is 0 Å². The van der Waals surface area contributed by atoms with Gasteiger partial charge in [-0.05, 0) is 6.42 Å². The number of esters is 1. The smallest absolute Gasteiger partial charge is 0.306 e. The SMILES string of the molecule is CCCCCCCCCCCCCCCCCC(=O)O[C@@H]([C@H](O)[C@H](O)CO)[C@@H](O)C=O. The number of carbonyl (C=O) groups is 2. The van der Waals surface area contributed by atoms with Gasteiger partial charge in [0.1, 0.15) is 18.3 Å². The number of hydrogen-bond acceptors (Lipinski definition) is 7. The number of unbranched alkanes of at least 4 members (excludes halogenated alkanes) is 14. The van der Waals surface area contributed by atoms with Gasteiger partial charge in [-0.25, -0.2) is 0 Å². The Hall–Kier alpha value is -1.02. The summed E-state index contributed by atoms with van der Waals surface area (Å²) in [5.74, 6) is -0.648. The first-order valence-electron chi connectivity index (χ1n) is 12.3. The van der Waals surface area contributed by atoms with Gasteiger partial charge in [-0.15, -0.1) is 0 Å². The van der Waals surface area contributed by atoms with E-state index in [1.54, 1.807) is 0 Å². The van der Waals surface area contributed by atoms with E-state index in [9.17, 15) is 24.9 Å². The van der Waals surface area contributed by atoms with Crippen LogP contribution in [0.3, 0.4) is 0 Å². The number of aldehydes is 1. The van der Waals surface area contributed by atoms with Gasteiger partial charge in [-0.1, -0.05) is 96.8 Å². The second kappa shape index (κ2) is 20.9. The molecule has 0 aliphatic rings. The molecule has 184 valence electrons. The van der Waals surface area contributed by atoms with E-state index in [1.165, 1.54) is 70.6 Å². The average Bonchev–Trinajstić information content (AvgIpc) is 2.78. The van der Waals surface area contributed by atoms with Crippen LogP contribution in [0.25, 0.3) is 0 Å². The van der Waals surface area contributed by atoms with Crippen molar-refractivity contribution in [1.29, 1.82) is 0 Å². The predicted octanol–water partition coefficient (Wildman–Crippen LogP) is 3.43. The molecule has 0 radical (unpaired) electrons. The summed E-state index contributed by atoms with van der Waals surface area (Å²) in [5.41, 5.74) is 0. The van der Waals surface area contributed by atoms with Crippen LogP contribution >= 0.6 is 0 Å². The van der Waals surface area contributed by atoms with Gasteiger partial charge < -0.3 is 30.0 Å². The number of ether oxygens (including phenoxy) is 1. The minimum absolute atomic E-state index is 0.113. The van der Waals surface area contributed by atoms with Gasteiger partial charge in [0.2, 0.25) is 0 Å². The van der Waals surface area contributed by atoms with E-state index >= 15 is 0 Å². The number of hydrogen-bond donors (Lipinski definition) is 4. The monoisotopic (exact) mass is 446 g/mol. The van der Waals surface area contributed by atoms with E-state index in [1.807, 2.05) is 0 Å². The summed E-state index contributed by atoms with van der Waals surface area (Å²) < 4.78 is 4.97. The molecule has 4 N–H and O–H groups in total. The van der Waals surface area contributed by atoms with Gasteiger partial charge in [0, 0.05) is 6.42 Å². The third kappa shape index (κ3) is 16.3. The van der Waals surface area contributed by atoms with Gasteiger partial charge in [0.25, 0.3) is 0 Å². The van der Waals surface area contributed by atoms with Crippen LogP contribution in [0.1, 0.15) is 110 Å². The van der Waals surface area contributed by atoms with Crippen molar-refractivity contribution in [3.8, 4) is 0 Å². The first-order valence-corrected chi connectivity index (χ1v) is 12.3. The van der Waals surface area contributed by atoms with Gasteiger partial charge in [0.05, 0.1) is 6.61 Å². The number of aliphatic hydroxyl groups is 4. The molecule has 0 saturated heterocycles. The standard InChI is InChI=1S/C24H46O7/c1-2-3-4-5-6-7-8-9-10-11-12-13-14-15-16-17-22(29)31-24(21(28)19-26)23(30)20(27)18-25/h19-21,23-25,27-28,30H,2-18H2,1H3/t20-,21+,23-,24-/m1/s1. The molecule has 0 amide bonds. The van der Waals surface area contributed by atoms with Crippen LogP contribution in [0, 0.1) is 0 Å². The molecule has 0 heterocycles. The highest BCUT2D eigenvalue weighted by molar-refractivity contribution is 5.70. The summed E-state index contributed by atoms with van der Waals surface area (Å²) in [6, 6.07) is 0. The fraction of sp³-hybridized carbons (Fsp3) is 0.917. The van der Waals surface area contributed by atoms with Gasteiger partial charge >= 0.3 is 5.97 Å². The lowest BCUT2D eigenvalue weighted by molar-refractivity contribution is -0.174. The minimum atomic E-state index is -1.76. The predicted molar refractivity (Wildman–Crippen MR) is 121 cm³/mol. The van der Waals surface area contributed by atoms with Crippen molar-refractivity contribution in [2.45, 2.75) is 134 Å². The molecule has 0 bridgehead atoms. The Morgan fingerprint density at radius 1 is 0.774 bits per heavy atom. The summed E-state index contributed by atoms with van der Waals surface area (Å²) in [4.78, 5) is 22.7. The number of rotatable bonds is 22. The first-order chi connectivity index (χ1) is 15.0. The third-order valence-corrected chi connectivity index (χ3v) is 5.65. The zero-order chi connectivity index (χ0) is 23.3. The fourth-order valence-corrected chi connectivity index (χ4v) is 3.60. The van der Waals surface area contributed by atoms with Gasteiger partial charge in [-0.3, -0.25) is 4.79 Å². The van der Waals surface area contributed by atoms with Crippen LogP contribution < -0.4 is 0 Å². The summed E-state index contributed by atoms with van der Waals surface area (Å²) in [6.07, 6.45) is 11.8. The second-order valence-electron chi connectivity index (χ2n) is 8.52. The molecule has 7 nitrogen and oxygen atoms in total. The van der Waals surface area contributed by atoms with Crippen LogP contribution in [-0.4, -0.2) is 63.7 Å². The summed E-state index contributed by atoms with van der Waals surface area (Å²) in [7, 11) is 0. The molecular weight excluding hydrogens is 400 g/mol. The molecule has 31 heavy (non-hydrogen) atoms. The molecule has 0 saturated carbocycles. The maximum Gasteiger partial charge on any atom is 0.306 e. The Kier molecular flexibility index (Phi) is 20.2. The highest BCUT2D eigenvalue weighted by Gasteiger charge is 2.34. The highest BCUT2D eigenvalue weighted by Crippen LogP contribution is 2.15. The van der Waals surface area contributed by atoms with Crippen molar-refractivity contribution < 1.29 is 34.8 Å². The molecule has 7 heteroatoms. The fourth-order valence-electron chi connectivity index (χ4n) is 3.60. The molecule has 0 fully saturated rings. The number of carbonyl (C=O) groups excluding carboxylic acids is 2. The van der Waals surface area contributed by atoms with Gasteiger partial charge in [0.15, 0.2) is 12.4 Å². The molecular formula is C24H46O7. The van der Waals surface area contributed by atoms with E-state index in [2.05, 4.69) is 6.92 Å². The van der Waals surface area contributed by atoms with Crippen LogP contribution in [-0.2, 0) is 14.3 Å². The Balaban J connectivity index is 3.69. The normalized spacial score (nSPS) is 15.3. The maximum atomic E-state index is 11.9. The maximum absolute atomic E-state index is 11.9. The van der Waals surface area contributed by atoms with Crippen molar-refractivity contribution in [2.24, 2.45) is 0 Å². The van der Waals surface area contributed by atoms with Crippen molar-refractivity contribution in [2.75, 3.05) is 6.61 Å². The van der Waals surface area contributed by atoms with Crippen molar-refractivity contribution in [1.82, 2.24) is 0 Å². The molecule has 0 unspecified atom stereocenters. The van der Waals surface area contributed by atoms with Crippen LogP contribution in [0.2, 0.25) is 0 Å². The Labute approximate surface area is 188 Å². The van der Waals surface area contributed by atoms with Crippen LogP contribution in [0.4, 0.5) is 0 Å². The second-order valence-corrected chi connectivity index (χ2v) is 8.52. The molecule has 0 aliphatic carbocycles. The summed E-state index contributed by atoms with van der Waals surface area (Å²) in [6.45, 7) is 1.47. The molecule has 4 atom stereocenters. The van der Waals surface area contributed by atoms with Crippen molar-refractivity contribution in [3.05, 3.63) is 0 Å². The van der Waals surface area contributed by atoms with E-state index in [0.29, 0.717) is 6.42 Å². The summed E-state index contributed by atoms with van der Waals surface area (Å²) >= 11 is 0. The van der Waals surface area contributed by atoms with E-state index in [-0.39, 0.29) is 12.7 Å². The summed E-state index contributed by atoms with van der Waals surface area (Å²) in [5, 5.41) is 37.7. The molecule has 0 aromatic rings. The lowest BCUT2D eigenvalue weighted by Crippen LogP contribution is -2.48. The van der Waals surface area contributed by atoms with E-state index in [0.717, 1.165) is 19.3 Å². The molecule has 0 rings (SSSR count). The van der Waals surface area contributed by atoms with Gasteiger partial charge in [-0.2, -0.15) is 0 Å². The Morgan fingerprint density at radius 3 is 1.58 bits per heavy atom.